The average Bonchev–Trinajstić information content (AvgIpc) is 2.74. The quantitative estimate of drug-likeness (QED) is 0.449. The molecule has 0 saturated carbocycles. The van der Waals surface area contributed by atoms with Crippen LogP contribution in [0.25, 0.3) is 6.08 Å². The minimum atomic E-state index is -1.06. The Balaban J connectivity index is 2.07. The Morgan fingerprint density at radius 1 is 1.35 bits per heavy atom. The van der Waals surface area contributed by atoms with Gasteiger partial charge in [-0.1, -0.05) is 47.7 Å². The van der Waals surface area contributed by atoms with E-state index in [4.69, 9.17) is 12.2 Å². The molecule has 23 heavy (non-hydrogen) atoms. The van der Waals surface area contributed by atoms with Gasteiger partial charge in [0.15, 0.2) is 0 Å². The van der Waals surface area contributed by atoms with Crippen LogP contribution in [0.4, 0.5) is 0 Å². The van der Waals surface area contributed by atoms with E-state index in [1.54, 1.807) is 4.90 Å². The summed E-state index contributed by atoms with van der Waals surface area (Å²) in [7, 11) is 0. The molecule has 0 atom stereocenters. The number of carboxylic acids is 1. The summed E-state index contributed by atoms with van der Waals surface area (Å²) in [5.41, 5.74) is 3.26. The van der Waals surface area contributed by atoms with E-state index < -0.39 is 5.97 Å². The molecule has 6 heteroatoms. The van der Waals surface area contributed by atoms with Crippen LogP contribution in [0.2, 0.25) is 0 Å². The maximum atomic E-state index is 12.5. The monoisotopic (exact) mass is 348 g/mol. The Kier molecular flexibility index (Phi) is 5.96. The number of thioether (sulfide) groups is 1. The van der Waals surface area contributed by atoms with Crippen LogP contribution in [0.3, 0.4) is 0 Å². The lowest BCUT2D eigenvalue weighted by Gasteiger charge is -2.14. The third-order valence-electron chi connectivity index (χ3n) is 3.61. The Hall–Kier alpha value is -1.66. The molecule has 0 aromatic heterocycles. The number of amides is 1. The second kappa shape index (κ2) is 7.75. The molecule has 0 bridgehead atoms. The van der Waals surface area contributed by atoms with Crippen molar-refractivity contribution in [2.24, 2.45) is 0 Å². The number of hydrogen-bond acceptors (Lipinski definition) is 5. The zero-order valence-corrected chi connectivity index (χ0v) is 14.8. The highest BCUT2D eigenvalue weighted by Crippen LogP contribution is 2.33. The molecule has 1 aromatic rings. The van der Waals surface area contributed by atoms with E-state index in [-0.39, 0.29) is 12.3 Å². The second-order valence-corrected chi connectivity index (χ2v) is 7.20. The van der Waals surface area contributed by atoms with E-state index >= 15 is 0 Å². The van der Waals surface area contributed by atoms with E-state index in [1.807, 2.05) is 38.1 Å². The summed E-state index contributed by atoms with van der Waals surface area (Å²) in [6.45, 7) is 4.47. The van der Waals surface area contributed by atoms with E-state index in [9.17, 15) is 14.7 Å². The lowest BCUT2D eigenvalue weighted by atomic mass is 10.1. The van der Waals surface area contributed by atoms with E-state index in [0.717, 1.165) is 16.7 Å². The summed E-state index contributed by atoms with van der Waals surface area (Å²) in [6.07, 6.45) is 2.96. The summed E-state index contributed by atoms with van der Waals surface area (Å²) < 4.78 is 0.528. The van der Waals surface area contributed by atoms with Crippen LogP contribution < -0.4 is 5.11 Å². The Morgan fingerprint density at radius 2 is 2.09 bits per heavy atom. The number of carbonyl (C=O) groups excluding carboxylic acids is 2. The molecule has 1 heterocycles. The van der Waals surface area contributed by atoms with E-state index in [1.165, 1.54) is 11.8 Å². The topological polar surface area (TPSA) is 60.4 Å². The molecule has 1 aromatic carbocycles. The van der Waals surface area contributed by atoms with Crippen LogP contribution in [0.15, 0.2) is 23.1 Å². The molecular formula is C17H18NO3S2-. The lowest BCUT2D eigenvalue weighted by Crippen LogP contribution is -2.29. The number of rotatable bonds is 6. The van der Waals surface area contributed by atoms with Crippen molar-refractivity contribution in [3.05, 3.63) is 39.8 Å². The van der Waals surface area contributed by atoms with Gasteiger partial charge in [-0.25, -0.2) is 0 Å². The van der Waals surface area contributed by atoms with Crippen molar-refractivity contribution in [1.29, 1.82) is 0 Å². The number of thiocarbonyl (C=S) groups is 1. The third-order valence-corrected chi connectivity index (χ3v) is 4.99. The molecule has 122 valence electrons. The summed E-state index contributed by atoms with van der Waals surface area (Å²) in [5, 5.41) is 10.4. The average molecular weight is 348 g/mol. The number of benzene rings is 1. The van der Waals surface area contributed by atoms with Gasteiger partial charge in [0, 0.05) is 12.5 Å². The fraction of sp³-hybridized carbons (Fsp3) is 0.353. The van der Waals surface area contributed by atoms with Gasteiger partial charge in [-0.15, -0.1) is 0 Å². The normalized spacial score (nSPS) is 16.4. The van der Waals surface area contributed by atoms with Crippen molar-refractivity contribution in [3.8, 4) is 0 Å². The Labute approximate surface area is 145 Å². The number of hydrogen-bond donors (Lipinski definition) is 0. The first-order valence-electron chi connectivity index (χ1n) is 7.41. The van der Waals surface area contributed by atoms with Gasteiger partial charge in [0.2, 0.25) is 0 Å². The van der Waals surface area contributed by atoms with Crippen molar-refractivity contribution in [3.63, 3.8) is 0 Å². The summed E-state index contributed by atoms with van der Waals surface area (Å²) >= 11 is 6.56. The lowest BCUT2D eigenvalue weighted by molar-refractivity contribution is -0.305. The zero-order valence-electron chi connectivity index (χ0n) is 13.1. The highest BCUT2D eigenvalue weighted by atomic mass is 32.2. The fourth-order valence-electron chi connectivity index (χ4n) is 2.29. The molecule has 1 aliphatic heterocycles. The molecule has 4 nitrogen and oxygen atoms in total. The van der Waals surface area contributed by atoms with Gasteiger partial charge in [0.05, 0.1) is 4.91 Å². The minimum Gasteiger partial charge on any atom is -0.550 e. The molecule has 1 fully saturated rings. The van der Waals surface area contributed by atoms with Gasteiger partial charge >= 0.3 is 0 Å². The summed E-state index contributed by atoms with van der Waals surface area (Å²) in [4.78, 5) is 25.0. The van der Waals surface area contributed by atoms with Crippen LogP contribution >= 0.6 is 24.0 Å². The number of unbranched alkanes of at least 4 members (excludes halogenated alkanes) is 1. The molecule has 2 rings (SSSR count). The molecule has 1 amide bonds. The zero-order chi connectivity index (χ0) is 17.0. The molecule has 0 aliphatic carbocycles. The van der Waals surface area contributed by atoms with Gasteiger partial charge in [-0.05, 0) is 50.3 Å². The van der Waals surface area contributed by atoms with Crippen LogP contribution in [0.1, 0.15) is 36.0 Å². The first kappa shape index (κ1) is 17.7. The largest absolute Gasteiger partial charge is 0.550 e. The number of aryl methyl sites for hydroxylation is 2. The third kappa shape index (κ3) is 4.65. The van der Waals surface area contributed by atoms with E-state index in [0.29, 0.717) is 28.6 Å². The first-order chi connectivity index (χ1) is 10.9. The Bertz CT molecular complexity index is 682. The van der Waals surface area contributed by atoms with Gasteiger partial charge in [0.25, 0.3) is 5.91 Å². The van der Waals surface area contributed by atoms with Crippen molar-refractivity contribution >= 4 is 46.3 Å². The predicted molar refractivity (Wildman–Crippen MR) is 94.7 cm³/mol. The number of nitrogens with zero attached hydrogens (tertiary/aromatic N) is 1. The second-order valence-electron chi connectivity index (χ2n) is 5.52. The van der Waals surface area contributed by atoms with Crippen LogP contribution in [-0.4, -0.2) is 27.6 Å². The highest BCUT2D eigenvalue weighted by molar-refractivity contribution is 8.26. The standard InChI is InChI=1S/C17H19NO3S2/c1-11-6-7-12(2)13(9-11)10-14-16(21)18(17(22)23-14)8-4-3-5-15(19)20/h6-7,9-10H,3-5,8H2,1-2H3,(H,19,20)/p-1/b14-10-. The molecule has 0 radical (unpaired) electrons. The van der Waals surface area contributed by atoms with Crippen molar-refractivity contribution in [2.45, 2.75) is 33.1 Å². The maximum absolute atomic E-state index is 12.5. The summed E-state index contributed by atoms with van der Waals surface area (Å²) in [6, 6.07) is 6.11. The van der Waals surface area contributed by atoms with E-state index in [2.05, 4.69) is 0 Å². The van der Waals surface area contributed by atoms with Crippen LogP contribution in [0, 0.1) is 13.8 Å². The predicted octanol–water partition coefficient (Wildman–Crippen LogP) is 2.42. The smallest absolute Gasteiger partial charge is 0.266 e. The maximum Gasteiger partial charge on any atom is 0.266 e. The van der Waals surface area contributed by atoms with Gasteiger partial charge < -0.3 is 9.90 Å². The first-order valence-corrected chi connectivity index (χ1v) is 8.63. The SMILES string of the molecule is Cc1ccc(C)c(/C=C2\SC(=S)N(CCCCC(=O)[O-])C2=O)c1. The summed E-state index contributed by atoms with van der Waals surface area (Å²) in [5.74, 6) is -1.17. The van der Waals surface area contributed by atoms with Crippen molar-refractivity contribution < 1.29 is 14.7 Å². The van der Waals surface area contributed by atoms with Crippen LogP contribution in [-0.2, 0) is 9.59 Å². The van der Waals surface area contributed by atoms with Gasteiger partial charge in [0.1, 0.15) is 4.32 Å². The van der Waals surface area contributed by atoms with Gasteiger partial charge in [-0.3, -0.25) is 9.69 Å². The molecule has 1 aliphatic rings. The molecule has 1 saturated heterocycles. The number of carbonyl (C=O) groups is 2. The minimum absolute atomic E-state index is 0.00706. The van der Waals surface area contributed by atoms with Crippen LogP contribution in [0.5, 0.6) is 0 Å². The highest BCUT2D eigenvalue weighted by Gasteiger charge is 2.31. The molecule has 0 spiro atoms. The van der Waals surface area contributed by atoms with Crippen molar-refractivity contribution in [2.75, 3.05) is 6.54 Å². The number of aliphatic carboxylic acids is 1. The fourth-order valence-corrected chi connectivity index (χ4v) is 3.59. The number of carboxylic acid groups (broad SMARTS) is 1. The molecular weight excluding hydrogens is 330 g/mol. The molecule has 0 N–H and O–H groups in total. The van der Waals surface area contributed by atoms with Crippen molar-refractivity contribution in [1.82, 2.24) is 4.90 Å². The Morgan fingerprint density at radius 3 is 2.78 bits per heavy atom. The molecule has 0 unspecified atom stereocenters. The van der Waals surface area contributed by atoms with Gasteiger partial charge in [-0.2, -0.15) is 0 Å².